The Balaban J connectivity index is 2.29. The fourth-order valence-corrected chi connectivity index (χ4v) is 1.82. The summed E-state index contributed by atoms with van der Waals surface area (Å²) in [7, 11) is 0. The molecule has 2 heterocycles. The van der Waals surface area contributed by atoms with Crippen LogP contribution in [0.15, 0.2) is 6.07 Å². The maximum absolute atomic E-state index is 4.37. The highest BCUT2D eigenvalue weighted by Crippen LogP contribution is 2.08. The lowest BCUT2D eigenvalue weighted by molar-refractivity contribution is 0.520. The molecule has 5 heteroatoms. The maximum atomic E-state index is 4.37. The first-order chi connectivity index (χ1) is 8.11. The number of hydrogen-bond donors (Lipinski definition) is 1. The topological polar surface area (TPSA) is 55.1 Å². The number of aryl methyl sites for hydroxylation is 2. The van der Waals surface area contributed by atoms with Crippen molar-refractivity contribution < 1.29 is 0 Å². The largest absolute Gasteiger partial charge is 0.307 e. The van der Waals surface area contributed by atoms with Crippen LogP contribution in [0.5, 0.6) is 0 Å². The average Bonchev–Trinajstić information content (AvgIpc) is 2.69. The average molecular weight is 233 g/mol. The molecule has 17 heavy (non-hydrogen) atoms. The second kappa shape index (κ2) is 4.79. The first-order valence-electron chi connectivity index (χ1n) is 6.03. The van der Waals surface area contributed by atoms with E-state index < -0.39 is 0 Å². The first-order valence-corrected chi connectivity index (χ1v) is 6.03. The molecule has 0 spiro atoms. The Kier molecular flexibility index (Phi) is 3.38. The Labute approximate surface area is 101 Å². The van der Waals surface area contributed by atoms with Crippen molar-refractivity contribution in [3.8, 4) is 0 Å². The first kappa shape index (κ1) is 12.0. The summed E-state index contributed by atoms with van der Waals surface area (Å²) in [5.74, 6) is 1.61. The lowest BCUT2D eigenvalue weighted by Crippen LogP contribution is -2.25. The minimum absolute atomic E-state index is 0.487. The van der Waals surface area contributed by atoms with Gasteiger partial charge in [0.2, 0.25) is 0 Å². The van der Waals surface area contributed by atoms with Crippen molar-refractivity contribution in [2.45, 2.75) is 46.7 Å². The Morgan fingerprint density at radius 2 is 2.12 bits per heavy atom. The van der Waals surface area contributed by atoms with E-state index in [9.17, 15) is 0 Å². The van der Waals surface area contributed by atoms with E-state index in [4.69, 9.17) is 0 Å². The van der Waals surface area contributed by atoms with Gasteiger partial charge in [-0.15, -0.1) is 10.2 Å². The Bertz CT molecular complexity index is 517. The van der Waals surface area contributed by atoms with E-state index in [0.29, 0.717) is 11.8 Å². The van der Waals surface area contributed by atoms with E-state index >= 15 is 0 Å². The molecule has 92 valence electrons. The number of fused-ring (bicyclic) bond motifs is 1. The van der Waals surface area contributed by atoms with Crippen LogP contribution in [0.4, 0.5) is 0 Å². The van der Waals surface area contributed by atoms with Crippen molar-refractivity contribution in [3.05, 3.63) is 23.3 Å². The molecule has 1 atom stereocenters. The standard InChI is InChI=1S/C12H19N5/c1-5-8(2)13-7-11-15-16-12-14-9(3)6-10(4)17(11)12/h6,8,13H,5,7H2,1-4H3. The van der Waals surface area contributed by atoms with Crippen LogP contribution in [0.3, 0.4) is 0 Å². The quantitative estimate of drug-likeness (QED) is 0.872. The highest BCUT2D eigenvalue weighted by atomic mass is 15.3. The van der Waals surface area contributed by atoms with Gasteiger partial charge in [-0.25, -0.2) is 4.98 Å². The second-order valence-electron chi connectivity index (χ2n) is 4.48. The summed E-state index contributed by atoms with van der Waals surface area (Å²) in [6, 6.07) is 2.53. The van der Waals surface area contributed by atoms with Gasteiger partial charge in [-0.3, -0.25) is 4.40 Å². The number of nitrogens with zero attached hydrogens (tertiary/aromatic N) is 4. The molecule has 2 rings (SSSR count). The molecule has 0 aliphatic carbocycles. The molecule has 0 bridgehead atoms. The molecule has 5 nitrogen and oxygen atoms in total. The number of rotatable bonds is 4. The summed E-state index contributed by atoms with van der Waals surface area (Å²) in [4.78, 5) is 4.37. The van der Waals surface area contributed by atoms with Crippen molar-refractivity contribution in [1.29, 1.82) is 0 Å². The zero-order valence-corrected chi connectivity index (χ0v) is 10.9. The summed E-state index contributed by atoms with van der Waals surface area (Å²) in [6.45, 7) is 9.08. The molecule has 0 saturated carbocycles. The van der Waals surface area contributed by atoms with Crippen LogP contribution in [-0.2, 0) is 6.54 Å². The molecule has 1 unspecified atom stereocenters. The van der Waals surface area contributed by atoms with Gasteiger partial charge in [0.1, 0.15) is 0 Å². The zero-order valence-electron chi connectivity index (χ0n) is 10.9. The molecular formula is C12H19N5. The molecule has 0 saturated heterocycles. The minimum Gasteiger partial charge on any atom is -0.307 e. The van der Waals surface area contributed by atoms with Gasteiger partial charge in [-0.1, -0.05) is 6.92 Å². The fraction of sp³-hybridized carbons (Fsp3) is 0.583. The smallest absolute Gasteiger partial charge is 0.255 e. The van der Waals surface area contributed by atoms with Crippen LogP contribution in [0.25, 0.3) is 5.78 Å². The molecule has 0 aliphatic rings. The van der Waals surface area contributed by atoms with E-state index in [0.717, 1.165) is 30.2 Å². The van der Waals surface area contributed by atoms with Crippen molar-refractivity contribution in [2.75, 3.05) is 0 Å². The summed E-state index contributed by atoms with van der Waals surface area (Å²) >= 11 is 0. The Hall–Kier alpha value is -1.49. The monoisotopic (exact) mass is 233 g/mol. The van der Waals surface area contributed by atoms with Gasteiger partial charge < -0.3 is 5.32 Å². The van der Waals surface area contributed by atoms with E-state index in [-0.39, 0.29) is 0 Å². The predicted octanol–water partition coefficient (Wildman–Crippen LogP) is 1.63. The van der Waals surface area contributed by atoms with E-state index in [1.54, 1.807) is 0 Å². The third-order valence-corrected chi connectivity index (χ3v) is 2.98. The van der Waals surface area contributed by atoms with Crippen molar-refractivity contribution in [2.24, 2.45) is 0 Å². The molecule has 0 fully saturated rings. The van der Waals surface area contributed by atoms with Crippen LogP contribution in [0, 0.1) is 13.8 Å². The number of aromatic nitrogens is 4. The number of nitrogens with one attached hydrogen (secondary N) is 1. The molecule has 0 radical (unpaired) electrons. The minimum atomic E-state index is 0.487. The van der Waals surface area contributed by atoms with Gasteiger partial charge >= 0.3 is 0 Å². The molecule has 1 N–H and O–H groups in total. The van der Waals surface area contributed by atoms with Gasteiger partial charge in [0.05, 0.1) is 6.54 Å². The van der Waals surface area contributed by atoms with E-state index in [1.165, 1.54) is 0 Å². The van der Waals surface area contributed by atoms with Crippen molar-refractivity contribution in [1.82, 2.24) is 24.9 Å². The highest BCUT2D eigenvalue weighted by Gasteiger charge is 2.09. The van der Waals surface area contributed by atoms with Crippen LogP contribution >= 0.6 is 0 Å². The summed E-state index contributed by atoms with van der Waals surface area (Å²) in [5, 5.41) is 11.7. The Morgan fingerprint density at radius 3 is 2.82 bits per heavy atom. The van der Waals surface area contributed by atoms with E-state index in [2.05, 4.69) is 41.3 Å². The molecule has 2 aromatic rings. The van der Waals surface area contributed by atoms with Gasteiger partial charge in [0.15, 0.2) is 5.82 Å². The van der Waals surface area contributed by atoms with Gasteiger partial charge in [-0.05, 0) is 33.3 Å². The van der Waals surface area contributed by atoms with Gasteiger partial charge in [0, 0.05) is 17.4 Å². The molecule has 2 aromatic heterocycles. The van der Waals surface area contributed by atoms with Crippen LogP contribution in [-0.4, -0.2) is 25.6 Å². The summed E-state index contributed by atoms with van der Waals surface area (Å²) in [5.41, 5.74) is 2.10. The highest BCUT2D eigenvalue weighted by molar-refractivity contribution is 5.32. The summed E-state index contributed by atoms with van der Waals surface area (Å²) < 4.78 is 2.00. The lowest BCUT2D eigenvalue weighted by atomic mass is 10.2. The maximum Gasteiger partial charge on any atom is 0.255 e. The third-order valence-electron chi connectivity index (χ3n) is 2.98. The molecule has 0 aliphatic heterocycles. The molecular weight excluding hydrogens is 214 g/mol. The Morgan fingerprint density at radius 1 is 1.35 bits per heavy atom. The molecule has 0 aromatic carbocycles. The normalized spacial score (nSPS) is 13.2. The fourth-order valence-electron chi connectivity index (χ4n) is 1.82. The predicted molar refractivity (Wildman–Crippen MR) is 66.8 cm³/mol. The molecule has 0 amide bonds. The van der Waals surface area contributed by atoms with Crippen LogP contribution in [0.2, 0.25) is 0 Å². The third kappa shape index (κ3) is 2.44. The zero-order chi connectivity index (χ0) is 12.4. The van der Waals surface area contributed by atoms with Crippen LogP contribution in [0.1, 0.15) is 37.5 Å². The van der Waals surface area contributed by atoms with Gasteiger partial charge in [0.25, 0.3) is 5.78 Å². The van der Waals surface area contributed by atoms with E-state index in [1.807, 2.05) is 17.4 Å². The van der Waals surface area contributed by atoms with Gasteiger partial charge in [-0.2, -0.15) is 0 Å². The lowest BCUT2D eigenvalue weighted by Gasteiger charge is -2.10. The SMILES string of the molecule is CCC(C)NCc1nnc2nc(C)cc(C)n12. The van der Waals surface area contributed by atoms with Crippen molar-refractivity contribution in [3.63, 3.8) is 0 Å². The number of hydrogen-bond acceptors (Lipinski definition) is 4. The van der Waals surface area contributed by atoms with Crippen molar-refractivity contribution >= 4 is 5.78 Å². The van der Waals surface area contributed by atoms with Crippen LogP contribution < -0.4 is 5.32 Å². The second-order valence-corrected chi connectivity index (χ2v) is 4.48. The summed E-state index contributed by atoms with van der Waals surface area (Å²) in [6.07, 6.45) is 1.10.